The molecule has 1 saturated carbocycles. The Hall–Kier alpha value is -2.09. The molecule has 0 heterocycles. The monoisotopic (exact) mass is 423 g/mol. The number of nitrogens with one attached hydrogen (secondary N) is 1. The lowest BCUT2D eigenvalue weighted by Crippen LogP contribution is -2.41. The van der Waals surface area contributed by atoms with E-state index in [0.29, 0.717) is 23.7 Å². The Kier molecular flexibility index (Phi) is 7.09. The lowest BCUT2D eigenvalue weighted by Gasteiger charge is -2.20. The van der Waals surface area contributed by atoms with Crippen LogP contribution in [-0.4, -0.2) is 34.0 Å². The van der Waals surface area contributed by atoms with E-state index in [4.69, 9.17) is 5.73 Å². The molecule has 0 saturated heterocycles. The van der Waals surface area contributed by atoms with Crippen molar-refractivity contribution in [2.24, 2.45) is 11.7 Å². The number of anilines is 1. The minimum absolute atomic E-state index is 0. The number of amides is 1. The summed E-state index contributed by atoms with van der Waals surface area (Å²) in [7, 11) is -2.15. The maximum Gasteiger partial charge on any atom is 0.264 e. The number of rotatable bonds is 7. The predicted octanol–water partition coefficient (Wildman–Crippen LogP) is 2.71. The minimum Gasteiger partial charge on any atom is -0.348 e. The van der Waals surface area contributed by atoms with Gasteiger partial charge < -0.3 is 11.1 Å². The van der Waals surface area contributed by atoms with Crippen LogP contribution in [0.4, 0.5) is 5.69 Å². The van der Waals surface area contributed by atoms with Gasteiger partial charge in [0.1, 0.15) is 0 Å². The molecular weight excluding hydrogens is 398 g/mol. The molecule has 0 aliphatic heterocycles. The second kappa shape index (κ2) is 8.94. The number of hydrogen-bond acceptors (Lipinski definition) is 4. The van der Waals surface area contributed by atoms with E-state index in [2.05, 4.69) is 5.32 Å². The molecule has 0 radical (unpaired) electrons. The number of hydrogen-bond donors (Lipinski definition) is 2. The topological polar surface area (TPSA) is 92.5 Å². The van der Waals surface area contributed by atoms with Gasteiger partial charge in [-0.05, 0) is 62.1 Å². The van der Waals surface area contributed by atoms with Crippen molar-refractivity contribution in [3.8, 4) is 0 Å². The van der Waals surface area contributed by atoms with Crippen LogP contribution in [0.25, 0.3) is 0 Å². The highest BCUT2D eigenvalue weighted by atomic mass is 35.5. The van der Waals surface area contributed by atoms with Crippen molar-refractivity contribution in [1.82, 2.24) is 5.32 Å². The maximum absolute atomic E-state index is 12.8. The van der Waals surface area contributed by atoms with Crippen molar-refractivity contribution in [1.29, 1.82) is 0 Å². The van der Waals surface area contributed by atoms with Crippen LogP contribution in [-0.2, 0) is 10.0 Å². The van der Waals surface area contributed by atoms with Crippen molar-refractivity contribution in [2.45, 2.75) is 30.7 Å². The largest absolute Gasteiger partial charge is 0.348 e. The predicted molar refractivity (Wildman–Crippen MR) is 113 cm³/mol. The number of benzene rings is 2. The van der Waals surface area contributed by atoms with Crippen LogP contribution < -0.4 is 15.4 Å². The number of carbonyl (C=O) groups excluding carboxylic acids is 1. The van der Waals surface area contributed by atoms with E-state index in [1.165, 1.54) is 11.4 Å². The SMILES string of the molecule is Cc1ccc(S(=O)(=O)N(C)c2ccc(C(=O)NC(CN)C3CC3)cc2)cc1.Cl. The molecule has 0 aromatic heterocycles. The third-order valence-electron chi connectivity index (χ3n) is 4.93. The Morgan fingerprint density at radius 1 is 1.14 bits per heavy atom. The summed E-state index contributed by atoms with van der Waals surface area (Å²) in [6.45, 7) is 2.33. The molecular formula is C20H26ClN3O3S. The normalized spacial score (nSPS) is 14.7. The van der Waals surface area contributed by atoms with Crippen LogP contribution in [0.3, 0.4) is 0 Å². The summed E-state index contributed by atoms with van der Waals surface area (Å²) in [5.41, 5.74) is 7.70. The Morgan fingerprint density at radius 3 is 2.21 bits per heavy atom. The summed E-state index contributed by atoms with van der Waals surface area (Å²) < 4.78 is 26.7. The molecule has 0 bridgehead atoms. The fourth-order valence-electron chi connectivity index (χ4n) is 2.95. The first-order chi connectivity index (χ1) is 12.8. The second-order valence-corrected chi connectivity index (χ2v) is 8.95. The first-order valence-electron chi connectivity index (χ1n) is 8.99. The summed E-state index contributed by atoms with van der Waals surface area (Å²) in [5, 5.41) is 2.96. The Labute approximate surface area is 172 Å². The summed E-state index contributed by atoms with van der Waals surface area (Å²) >= 11 is 0. The fraction of sp³-hybridized carbons (Fsp3) is 0.350. The molecule has 8 heteroatoms. The van der Waals surface area contributed by atoms with Crippen molar-refractivity contribution in [3.05, 3.63) is 59.7 Å². The van der Waals surface area contributed by atoms with Gasteiger partial charge in [0.25, 0.3) is 15.9 Å². The van der Waals surface area contributed by atoms with Crippen molar-refractivity contribution < 1.29 is 13.2 Å². The molecule has 1 atom stereocenters. The molecule has 1 fully saturated rings. The van der Waals surface area contributed by atoms with E-state index >= 15 is 0 Å². The Bertz CT molecular complexity index is 911. The van der Waals surface area contributed by atoms with Gasteiger partial charge in [-0.15, -0.1) is 12.4 Å². The average Bonchev–Trinajstić information content (AvgIpc) is 3.51. The molecule has 2 aromatic rings. The van der Waals surface area contributed by atoms with E-state index in [-0.39, 0.29) is 29.3 Å². The van der Waals surface area contributed by atoms with Crippen LogP contribution in [0.5, 0.6) is 0 Å². The first kappa shape index (κ1) is 22.2. The van der Waals surface area contributed by atoms with E-state index in [9.17, 15) is 13.2 Å². The van der Waals surface area contributed by atoms with Crippen LogP contribution in [0.2, 0.25) is 0 Å². The van der Waals surface area contributed by atoms with Crippen LogP contribution >= 0.6 is 12.4 Å². The fourth-order valence-corrected chi connectivity index (χ4v) is 4.14. The van der Waals surface area contributed by atoms with Gasteiger partial charge in [0.2, 0.25) is 0 Å². The summed E-state index contributed by atoms with van der Waals surface area (Å²) in [6, 6.07) is 13.2. The quantitative estimate of drug-likeness (QED) is 0.716. The molecule has 152 valence electrons. The Balaban J connectivity index is 0.00000280. The smallest absolute Gasteiger partial charge is 0.264 e. The molecule has 0 spiro atoms. The number of halogens is 1. The maximum atomic E-state index is 12.8. The number of nitrogens with two attached hydrogens (primary N) is 1. The average molecular weight is 424 g/mol. The van der Waals surface area contributed by atoms with Gasteiger partial charge >= 0.3 is 0 Å². The first-order valence-corrected chi connectivity index (χ1v) is 10.4. The molecule has 28 heavy (non-hydrogen) atoms. The number of nitrogens with zero attached hydrogens (tertiary/aromatic N) is 1. The zero-order chi connectivity index (χ0) is 19.6. The van der Waals surface area contributed by atoms with Gasteiger partial charge in [-0.2, -0.15) is 0 Å². The van der Waals surface area contributed by atoms with E-state index < -0.39 is 10.0 Å². The molecule has 3 rings (SSSR count). The van der Waals surface area contributed by atoms with E-state index in [1.54, 1.807) is 48.5 Å². The van der Waals surface area contributed by atoms with Gasteiger partial charge in [0.05, 0.1) is 10.6 Å². The van der Waals surface area contributed by atoms with Crippen LogP contribution in [0, 0.1) is 12.8 Å². The van der Waals surface area contributed by atoms with Gasteiger partial charge in [-0.25, -0.2) is 8.42 Å². The molecule has 3 N–H and O–H groups in total. The standard InChI is InChI=1S/C20H25N3O3S.ClH/c1-14-3-11-18(12-4-14)27(25,26)23(2)17-9-7-16(8-10-17)20(24)22-19(13-21)15-5-6-15;/h3-4,7-12,15,19H,5-6,13,21H2,1-2H3,(H,22,24);1H. The third kappa shape index (κ3) is 4.84. The van der Waals surface area contributed by atoms with Crippen molar-refractivity contribution in [2.75, 3.05) is 17.9 Å². The zero-order valence-electron chi connectivity index (χ0n) is 16.0. The van der Waals surface area contributed by atoms with Crippen molar-refractivity contribution in [3.63, 3.8) is 0 Å². The summed E-state index contributed by atoms with van der Waals surface area (Å²) in [6.07, 6.45) is 2.20. The van der Waals surface area contributed by atoms with Crippen LogP contribution in [0.15, 0.2) is 53.4 Å². The third-order valence-corrected chi connectivity index (χ3v) is 6.73. The number of sulfonamides is 1. The highest BCUT2D eigenvalue weighted by Gasteiger charge is 2.31. The van der Waals surface area contributed by atoms with Crippen molar-refractivity contribution >= 4 is 34.0 Å². The molecule has 1 unspecified atom stereocenters. The Morgan fingerprint density at radius 2 is 1.71 bits per heavy atom. The highest BCUT2D eigenvalue weighted by molar-refractivity contribution is 7.92. The van der Waals surface area contributed by atoms with E-state index in [0.717, 1.165) is 18.4 Å². The molecule has 1 amide bonds. The van der Waals surface area contributed by atoms with Gasteiger partial charge in [-0.3, -0.25) is 9.10 Å². The lowest BCUT2D eigenvalue weighted by molar-refractivity contribution is 0.0933. The lowest BCUT2D eigenvalue weighted by atomic mass is 10.1. The number of carbonyl (C=O) groups is 1. The molecule has 2 aromatic carbocycles. The minimum atomic E-state index is -3.65. The molecule has 1 aliphatic carbocycles. The molecule has 6 nitrogen and oxygen atoms in total. The van der Waals surface area contributed by atoms with Crippen LogP contribution in [0.1, 0.15) is 28.8 Å². The second-order valence-electron chi connectivity index (χ2n) is 6.99. The highest BCUT2D eigenvalue weighted by Crippen LogP contribution is 2.32. The zero-order valence-corrected chi connectivity index (χ0v) is 17.6. The number of aryl methyl sites for hydroxylation is 1. The molecule has 1 aliphatic rings. The van der Waals surface area contributed by atoms with Gasteiger partial charge in [0.15, 0.2) is 0 Å². The van der Waals surface area contributed by atoms with Gasteiger partial charge in [0, 0.05) is 25.2 Å². The van der Waals surface area contributed by atoms with E-state index in [1.807, 2.05) is 6.92 Å². The summed E-state index contributed by atoms with van der Waals surface area (Å²) in [5.74, 6) is 0.289. The van der Waals surface area contributed by atoms with Gasteiger partial charge in [-0.1, -0.05) is 17.7 Å². The summed E-state index contributed by atoms with van der Waals surface area (Å²) in [4.78, 5) is 12.6.